The Balaban J connectivity index is 2.37. The summed E-state index contributed by atoms with van der Waals surface area (Å²) in [6, 6.07) is 6.00. The predicted molar refractivity (Wildman–Crippen MR) is 97.3 cm³/mol. The molecule has 0 saturated carbocycles. The number of carbonyl (C=O) groups is 1. The van der Waals surface area contributed by atoms with Gasteiger partial charge >= 0.3 is 5.97 Å². The van der Waals surface area contributed by atoms with E-state index >= 15 is 0 Å². The predicted octanol–water partition coefficient (Wildman–Crippen LogP) is 4.95. The van der Waals surface area contributed by atoms with Crippen LogP contribution in [0.5, 0.6) is 11.5 Å². The lowest BCUT2D eigenvalue weighted by atomic mass is 9.99. The molecule has 2 aromatic carbocycles. The van der Waals surface area contributed by atoms with Crippen molar-refractivity contribution in [3.63, 3.8) is 0 Å². The van der Waals surface area contributed by atoms with Crippen LogP contribution in [0.15, 0.2) is 28.7 Å². The number of phenolic OH excluding ortho intramolecular Hbond substituents is 2. The van der Waals surface area contributed by atoms with Gasteiger partial charge in [0.1, 0.15) is 11.5 Å². The molecule has 0 aliphatic heterocycles. The van der Waals surface area contributed by atoms with Gasteiger partial charge in [0.25, 0.3) is 0 Å². The normalized spacial score (nSPS) is 10.9. The van der Waals surface area contributed by atoms with Crippen LogP contribution in [0.2, 0.25) is 5.02 Å². The zero-order valence-corrected chi connectivity index (χ0v) is 15.4. The molecule has 5 nitrogen and oxygen atoms in total. The number of anilines is 1. The molecule has 0 aliphatic carbocycles. The molecule has 2 rings (SSSR count). The summed E-state index contributed by atoms with van der Waals surface area (Å²) in [5, 5.41) is 32.2. The molecule has 24 heavy (non-hydrogen) atoms. The SMILES string of the molecule is CC(C)c1cc(NCc2c(O)ccc(O)c2Br)cc(C(=O)O)c1Cl. The van der Waals surface area contributed by atoms with Crippen LogP contribution in [-0.2, 0) is 6.54 Å². The van der Waals surface area contributed by atoms with Crippen LogP contribution < -0.4 is 5.32 Å². The summed E-state index contributed by atoms with van der Waals surface area (Å²) in [5.41, 5.74) is 1.77. The van der Waals surface area contributed by atoms with Crippen molar-refractivity contribution in [2.45, 2.75) is 26.3 Å². The van der Waals surface area contributed by atoms with Crippen LogP contribution in [0.1, 0.15) is 41.3 Å². The van der Waals surface area contributed by atoms with Crippen LogP contribution in [0.25, 0.3) is 0 Å². The lowest BCUT2D eigenvalue weighted by molar-refractivity contribution is 0.0697. The minimum Gasteiger partial charge on any atom is -0.508 e. The van der Waals surface area contributed by atoms with Gasteiger partial charge in [-0.1, -0.05) is 25.4 Å². The molecule has 0 saturated heterocycles. The molecule has 0 bridgehead atoms. The second-order valence-electron chi connectivity index (χ2n) is 5.64. The summed E-state index contributed by atoms with van der Waals surface area (Å²) in [6.07, 6.45) is 0. The quantitative estimate of drug-likeness (QED) is 0.520. The highest BCUT2D eigenvalue weighted by molar-refractivity contribution is 9.10. The summed E-state index contributed by atoms with van der Waals surface area (Å²) in [6.45, 7) is 4.04. The third-order valence-corrected chi connectivity index (χ3v) is 4.93. The summed E-state index contributed by atoms with van der Waals surface area (Å²) in [5.74, 6) is -1.02. The van der Waals surface area contributed by atoms with E-state index in [0.717, 1.165) is 5.56 Å². The second-order valence-corrected chi connectivity index (χ2v) is 6.81. The van der Waals surface area contributed by atoms with Crippen molar-refractivity contribution in [3.8, 4) is 11.5 Å². The average Bonchev–Trinajstić information content (AvgIpc) is 2.51. The maximum Gasteiger partial charge on any atom is 0.337 e. The Morgan fingerprint density at radius 3 is 2.46 bits per heavy atom. The fourth-order valence-electron chi connectivity index (χ4n) is 2.28. The van der Waals surface area contributed by atoms with E-state index in [1.54, 1.807) is 6.07 Å². The Kier molecular flexibility index (Phi) is 5.62. The second kappa shape index (κ2) is 7.32. The molecule has 0 aromatic heterocycles. The highest BCUT2D eigenvalue weighted by atomic mass is 79.9. The smallest absolute Gasteiger partial charge is 0.337 e. The largest absolute Gasteiger partial charge is 0.508 e. The van der Waals surface area contributed by atoms with Gasteiger partial charge in [0, 0.05) is 17.8 Å². The fraction of sp³-hybridized carbons (Fsp3) is 0.235. The lowest BCUT2D eigenvalue weighted by Crippen LogP contribution is -2.06. The summed E-state index contributed by atoms with van der Waals surface area (Å²) in [7, 11) is 0. The van der Waals surface area contributed by atoms with Crippen LogP contribution in [0, 0.1) is 0 Å². The summed E-state index contributed by atoms with van der Waals surface area (Å²) < 4.78 is 0.381. The summed E-state index contributed by atoms with van der Waals surface area (Å²) in [4.78, 5) is 11.4. The van der Waals surface area contributed by atoms with Crippen molar-refractivity contribution in [3.05, 3.63) is 50.5 Å². The molecule has 4 N–H and O–H groups in total. The van der Waals surface area contributed by atoms with E-state index < -0.39 is 5.97 Å². The molecule has 0 aliphatic rings. The highest BCUT2D eigenvalue weighted by Crippen LogP contribution is 2.35. The first-order chi connectivity index (χ1) is 11.2. The van der Waals surface area contributed by atoms with Crippen LogP contribution in [-0.4, -0.2) is 21.3 Å². The van der Waals surface area contributed by atoms with Gasteiger partial charge in [0.05, 0.1) is 15.1 Å². The van der Waals surface area contributed by atoms with Crippen molar-refractivity contribution in [1.29, 1.82) is 0 Å². The molecular formula is C17H17BrClNO4. The fourth-order valence-corrected chi connectivity index (χ4v) is 3.17. The minimum absolute atomic E-state index is 0.00907. The third-order valence-electron chi connectivity index (χ3n) is 3.62. The molecule has 7 heteroatoms. The molecule has 0 amide bonds. The number of aromatic carboxylic acids is 1. The van der Waals surface area contributed by atoms with Gasteiger partial charge in [-0.05, 0) is 51.7 Å². The zero-order chi connectivity index (χ0) is 18.0. The van der Waals surface area contributed by atoms with Crippen molar-refractivity contribution in [2.75, 3.05) is 5.32 Å². The Labute approximate surface area is 153 Å². The van der Waals surface area contributed by atoms with Crippen LogP contribution in [0.3, 0.4) is 0 Å². The average molecular weight is 415 g/mol. The Morgan fingerprint density at radius 1 is 1.25 bits per heavy atom. The standard InChI is InChI=1S/C17H17BrClNO4/c1-8(2)10-5-9(6-11(16(10)19)17(23)24)20-7-12-13(21)3-4-14(22)15(12)18/h3-6,8,20-22H,7H2,1-2H3,(H,23,24). The maximum atomic E-state index is 11.4. The summed E-state index contributed by atoms with van der Waals surface area (Å²) >= 11 is 9.40. The topological polar surface area (TPSA) is 89.8 Å². The van der Waals surface area contributed by atoms with Crippen molar-refractivity contribution in [1.82, 2.24) is 0 Å². The van der Waals surface area contributed by atoms with Crippen molar-refractivity contribution < 1.29 is 20.1 Å². The monoisotopic (exact) mass is 413 g/mol. The zero-order valence-electron chi connectivity index (χ0n) is 13.1. The first-order valence-electron chi connectivity index (χ1n) is 7.22. The Bertz CT molecular complexity index is 793. The molecular weight excluding hydrogens is 398 g/mol. The van der Waals surface area contributed by atoms with E-state index in [0.29, 0.717) is 15.7 Å². The third kappa shape index (κ3) is 3.76. The number of nitrogens with one attached hydrogen (secondary N) is 1. The Hall–Kier alpha value is -1.92. The minimum atomic E-state index is -1.10. The van der Waals surface area contributed by atoms with E-state index in [9.17, 15) is 20.1 Å². The maximum absolute atomic E-state index is 11.4. The molecule has 0 radical (unpaired) electrons. The number of aromatic hydroxyl groups is 2. The van der Waals surface area contributed by atoms with E-state index in [1.807, 2.05) is 13.8 Å². The number of carboxylic acids is 1. The Morgan fingerprint density at radius 2 is 1.88 bits per heavy atom. The van der Waals surface area contributed by atoms with Gasteiger partial charge in [-0.2, -0.15) is 0 Å². The van der Waals surface area contributed by atoms with Crippen molar-refractivity contribution in [2.24, 2.45) is 0 Å². The van der Waals surface area contributed by atoms with Gasteiger partial charge in [-0.3, -0.25) is 0 Å². The van der Waals surface area contributed by atoms with Gasteiger partial charge < -0.3 is 20.6 Å². The molecule has 0 unspecified atom stereocenters. The lowest BCUT2D eigenvalue weighted by Gasteiger charge is -2.16. The first kappa shape index (κ1) is 18.4. The number of rotatable bonds is 5. The van der Waals surface area contributed by atoms with Gasteiger partial charge in [-0.15, -0.1) is 0 Å². The van der Waals surface area contributed by atoms with Gasteiger partial charge in [-0.25, -0.2) is 4.79 Å². The van der Waals surface area contributed by atoms with Crippen molar-refractivity contribution >= 4 is 39.2 Å². The molecule has 128 valence electrons. The molecule has 0 atom stereocenters. The molecule has 0 fully saturated rings. The van der Waals surface area contributed by atoms with E-state index in [4.69, 9.17) is 11.6 Å². The van der Waals surface area contributed by atoms with Crippen LogP contribution >= 0.6 is 27.5 Å². The van der Waals surface area contributed by atoms with Crippen LogP contribution in [0.4, 0.5) is 5.69 Å². The number of halogens is 2. The molecule has 2 aromatic rings. The number of benzene rings is 2. The van der Waals surface area contributed by atoms with E-state index in [1.165, 1.54) is 18.2 Å². The number of hydrogen-bond acceptors (Lipinski definition) is 4. The molecule has 0 heterocycles. The number of carboxylic acid groups (broad SMARTS) is 1. The number of phenols is 2. The number of hydrogen-bond donors (Lipinski definition) is 4. The van der Waals surface area contributed by atoms with Gasteiger partial charge in [0.2, 0.25) is 0 Å². The van der Waals surface area contributed by atoms with Gasteiger partial charge in [0.15, 0.2) is 0 Å². The molecule has 0 spiro atoms. The van der Waals surface area contributed by atoms with E-state index in [2.05, 4.69) is 21.2 Å². The highest BCUT2D eigenvalue weighted by Gasteiger charge is 2.17. The first-order valence-corrected chi connectivity index (χ1v) is 8.39. The van der Waals surface area contributed by atoms with E-state index in [-0.39, 0.29) is 34.5 Å².